The van der Waals surface area contributed by atoms with Crippen molar-refractivity contribution in [2.24, 2.45) is 0 Å². The molecule has 7 nitrogen and oxygen atoms in total. The largest absolute Gasteiger partial charge is 0.351 e. The van der Waals surface area contributed by atoms with Gasteiger partial charge in [-0.05, 0) is 82.1 Å². The summed E-state index contributed by atoms with van der Waals surface area (Å²) in [5.74, 6) is -3.53. The van der Waals surface area contributed by atoms with Crippen LogP contribution in [0.5, 0.6) is 0 Å². The monoisotopic (exact) mass is 583 g/mol. The first-order valence-corrected chi connectivity index (χ1v) is 15.3. The van der Waals surface area contributed by atoms with Gasteiger partial charge in [0.2, 0.25) is 5.95 Å². The highest BCUT2D eigenvalue weighted by atomic mass is 32.2. The predicted octanol–water partition coefficient (Wildman–Crippen LogP) is 5.82. The number of rotatable bonds is 8. The molecular weight excluding hydrogens is 551 g/mol. The summed E-state index contributed by atoms with van der Waals surface area (Å²) in [6.45, 7) is 1.82. The number of aromatic nitrogens is 3. The number of hydrogen-bond donors (Lipinski definition) is 1. The van der Waals surface area contributed by atoms with Gasteiger partial charge in [-0.2, -0.15) is 0 Å². The summed E-state index contributed by atoms with van der Waals surface area (Å²) in [6.07, 6.45) is 5.81. The quantitative estimate of drug-likeness (QED) is 0.280. The summed E-state index contributed by atoms with van der Waals surface area (Å²) in [4.78, 5) is 15.8. The van der Waals surface area contributed by atoms with Crippen molar-refractivity contribution in [2.45, 2.75) is 56.2 Å². The highest BCUT2D eigenvalue weighted by molar-refractivity contribution is 7.89. The molecule has 0 unspecified atom stereocenters. The number of nitrogens with zero attached hydrogens (tertiary/aromatic N) is 4. The van der Waals surface area contributed by atoms with E-state index >= 15 is 8.78 Å². The molecule has 1 fully saturated rings. The molecule has 0 atom stereocenters. The van der Waals surface area contributed by atoms with Gasteiger partial charge in [0, 0.05) is 23.2 Å². The second-order valence-corrected chi connectivity index (χ2v) is 13.0. The van der Waals surface area contributed by atoms with Crippen molar-refractivity contribution < 1.29 is 21.6 Å². The summed E-state index contributed by atoms with van der Waals surface area (Å²) in [7, 11) is 0.363. The van der Waals surface area contributed by atoms with Crippen LogP contribution in [0.2, 0.25) is 0 Å². The SMILES string of the molecule is Cc1cc(-c2ccc(CS(=O)(=O)Cc3ccc(F)cc3)c(F)c2F)nc2cnc(NC3CCC(N(C)C)CC3)nc12. The van der Waals surface area contributed by atoms with E-state index in [0.29, 0.717) is 28.6 Å². The van der Waals surface area contributed by atoms with E-state index in [4.69, 9.17) is 0 Å². The zero-order valence-electron chi connectivity index (χ0n) is 23.2. The van der Waals surface area contributed by atoms with Crippen molar-refractivity contribution in [3.05, 3.63) is 82.8 Å². The Hall–Kier alpha value is -3.57. The molecule has 1 N–H and O–H groups in total. The second-order valence-electron chi connectivity index (χ2n) is 10.9. The van der Waals surface area contributed by atoms with E-state index in [1.807, 2.05) is 6.92 Å². The maximum absolute atomic E-state index is 15.2. The number of hydrogen-bond acceptors (Lipinski definition) is 7. The molecule has 0 amide bonds. The molecule has 1 aliphatic carbocycles. The Morgan fingerprint density at radius 2 is 1.63 bits per heavy atom. The van der Waals surface area contributed by atoms with Crippen LogP contribution in [0, 0.1) is 24.4 Å². The fourth-order valence-corrected chi connectivity index (χ4v) is 6.83. The minimum atomic E-state index is -3.84. The average molecular weight is 584 g/mol. The maximum Gasteiger partial charge on any atom is 0.223 e. The third-order valence-electron chi connectivity index (χ3n) is 7.61. The molecule has 11 heteroatoms. The molecule has 5 rings (SSSR count). The molecule has 0 spiro atoms. The van der Waals surface area contributed by atoms with Gasteiger partial charge < -0.3 is 10.2 Å². The number of benzene rings is 2. The Bertz CT molecular complexity index is 1670. The molecule has 1 aliphatic rings. The first kappa shape index (κ1) is 28.9. The van der Waals surface area contributed by atoms with E-state index in [1.54, 1.807) is 12.3 Å². The van der Waals surface area contributed by atoms with Crippen molar-refractivity contribution in [1.29, 1.82) is 0 Å². The number of sulfone groups is 1. The van der Waals surface area contributed by atoms with Gasteiger partial charge in [-0.15, -0.1) is 0 Å². The fraction of sp³-hybridized carbons (Fsp3) is 0.367. The Kier molecular flexibility index (Phi) is 8.28. The number of halogens is 3. The Balaban J connectivity index is 1.34. The summed E-state index contributed by atoms with van der Waals surface area (Å²) < 4.78 is 68.7. The van der Waals surface area contributed by atoms with Gasteiger partial charge >= 0.3 is 0 Å². The van der Waals surface area contributed by atoms with Gasteiger partial charge in [0.15, 0.2) is 21.5 Å². The minimum Gasteiger partial charge on any atom is -0.351 e. The molecule has 0 bridgehead atoms. The highest BCUT2D eigenvalue weighted by Gasteiger charge is 2.24. The lowest BCUT2D eigenvalue weighted by atomic mass is 9.91. The lowest BCUT2D eigenvalue weighted by molar-refractivity contribution is 0.221. The van der Waals surface area contributed by atoms with E-state index < -0.39 is 38.8 Å². The standard InChI is InChI=1S/C30H32F3N5O2S/c1-18-14-25(36-26-15-34-30(37-29(18)26)35-22-9-11-23(12-10-22)38(2)3)24-13-6-20(27(32)28(24)33)17-41(39,40)16-19-4-7-21(31)8-5-19/h4-8,13-15,22-23H,9-12,16-17H2,1-3H3,(H,34,35,37). The van der Waals surface area contributed by atoms with E-state index in [2.05, 4.69) is 39.3 Å². The summed E-state index contributed by atoms with van der Waals surface area (Å²) in [5.41, 5.74) is 1.94. The summed E-state index contributed by atoms with van der Waals surface area (Å²) in [5, 5.41) is 3.42. The van der Waals surface area contributed by atoms with Crippen molar-refractivity contribution >= 4 is 26.8 Å². The third kappa shape index (κ3) is 6.68. The molecule has 2 aromatic carbocycles. The third-order valence-corrected chi connectivity index (χ3v) is 9.13. The fourth-order valence-electron chi connectivity index (χ4n) is 5.33. The van der Waals surface area contributed by atoms with Crippen LogP contribution in [-0.4, -0.2) is 54.4 Å². The topological polar surface area (TPSA) is 88.1 Å². The zero-order chi connectivity index (χ0) is 29.3. The molecule has 0 radical (unpaired) electrons. The Morgan fingerprint density at radius 1 is 0.927 bits per heavy atom. The van der Waals surface area contributed by atoms with Crippen LogP contribution in [-0.2, 0) is 21.3 Å². The van der Waals surface area contributed by atoms with Gasteiger partial charge in [-0.25, -0.2) is 36.5 Å². The van der Waals surface area contributed by atoms with Crippen molar-refractivity contribution in [3.8, 4) is 11.3 Å². The van der Waals surface area contributed by atoms with Crippen LogP contribution in [0.15, 0.2) is 48.7 Å². The first-order chi connectivity index (χ1) is 19.5. The van der Waals surface area contributed by atoms with Crippen molar-refractivity contribution in [1.82, 2.24) is 19.9 Å². The number of pyridine rings is 1. The van der Waals surface area contributed by atoms with E-state index in [-0.39, 0.29) is 22.9 Å². The Labute approximate surface area is 237 Å². The van der Waals surface area contributed by atoms with Crippen molar-refractivity contribution in [2.75, 3.05) is 19.4 Å². The average Bonchev–Trinajstić information content (AvgIpc) is 2.93. The van der Waals surface area contributed by atoms with Crippen LogP contribution >= 0.6 is 0 Å². The van der Waals surface area contributed by atoms with Crippen LogP contribution in [0.4, 0.5) is 19.1 Å². The van der Waals surface area contributed by atoms with Crippen LogP contribution in [0.3, 0.4) is 0 Å². The van der Waals surface area contributed by atoms with Crippen molar-refractivity contribution in [3.63, 3.8) is 0 Å². The molecular formula is C30H32F3N5O2S. The molecule has 216 valence electrons. The van der Waals surface area contributed by atoms with Crippen LogP contribution < -0.4 is 5.32 Å². The van der Waals surface area contributed by atoms with Gasteiger partial charge in [0.05, 0.1) is 28.9 Å². The molecule has 1 saturated carbocycles. The minimum absolute atomic E-state index is 0.0907. The van der Waals surface area contributed by atoms with Gasteiger partial charge in [0.25, 0.3) is 0 Å². The number of fused-ring (bicyclic) bond motifs is 1. The Morgan fingerprint density at radius 3 is 2.32 bits per heavy atom. The van der Waals surface area contributed by atoms with E-state index in [0.717, 1.165) is 43.4 Å². The lowest BCUT2D eigenvalue weighted by Crippen LogP contribution is -2.36. The van der Waals surface area contributed by atoms with Gasteiger partial charge in [-0.1, -0.05) is 18.2 Å². The highest BCUT2D eigenvalue weighted by Crippen LogP contribution is 2.30. The molecule has 2 heterocycles. The molecule has 41 heavy (non-hydrogen) atoms. The molecule has 2 aromatic heterocycles. The van der Waals surface area contributed by atoms with E-state index in [1.165, 1.54) is 24.3 Å². The smallest absolute Gasteiger partial charge is 0.223 e. The lowest BCUT2D eigenvalue weighted by Gasteiger charge is -2.32. The van der Waals surface area contributed by atoms with Crippen LogP contribution in [0.1, 0.15) is 42.4 Å². The molecule has 4 aromatic rings. The first-order valence-electron chi connectivity index (χ1n) is 13.5. The van der Waals surface area contributed by atoms with Gasteiger partial charge in [0.1, 0.15) is 11.3 Å². The molecule has 0 saturated heterocycles. The second kappa shape index (κ2) is 11.7. The number of nitrogens with one attached hydrogen (secondary N) is 1. The zero-order valence-corrected chi connectivity index (χ0v) is 24.0. The number of anilines is 1. The number of aryl methyl sites for hydroxylation is 1. The summed E-state index contributed by atoms with van der Waals surface area (Å²) in [6, 6.07) is 10.1. The van der Waals surface area contributed by atoms with E-state index in [9.17, 15) is 12.8 Å². The predicted molar refractivity (Wildman–Crippen MR) is 154 cm³/mol. The normalized spacial score (nSPS) is 17.7. The summed E-state index contributed by atoms with van der Waals surface area (Å²) >= 11 is 0. The molecule has 0 aliphatic heterocycles. The van der Waals surface area contributed by atoms with Crippen LogP contribution in [0.25, 0.3) is 22.3 Å². The van der Waals surface area contributed by atoms with Gasteiger partial charge in [-0.3, -0.25) is 0 Å². The maximum atomic E-state index is 15.2.